The van der Waals surface area contributed by atoms with Gasteiger partial charge < -0.3 is 19.2 Å². The summed E-state index contributed by atoms with van der Waals surface area (Å²) in [5, 5.41) is 27.9. The van der Waals surface area contributed by atoms with Crippen LogP contribution in [-0.2, 0) is 0 Å². The number of hydrogen-bond donors (Lipinski definition) is 2. The minimum Gasteiger partial charge on any atom is -0.423 e. The Bertz CT molecular complexity index is 2510. The molecule has 9 aromatic rings. The lowest BCUT2D eigenvalue weighted by Crippen LogP contribution is -2.30. The van der Waals surface area contributed by atoms with Crippen LogP contribution in [0.1, 0.15) is 0 Å². The highest BCUT2D eigenvalue weighted by atomic mass is 32.1. The molecule has 0 amide bonds. The zero-order valence-electron chi connectivity index (χ0n) is 22.4. The first-order chi connectivity index (χ1) is 20.7. The lowest BCUT2D eigenvalue weighted by Gasteiger charge is -2.12. The fraction of sp³-hybridized carbons (Fsp3) is 0. The summed E-state index contributed by atoms with van der Waals surface area (Å²) in [6, 6.07) is 44.6. The second-order valence-corrected chi connectivity index (χ2v) is 11.9. The molecular weight excluding hydrogens is 535 g/mol. The first-order valence-corrected chi connectivity index (χ1v) is 14.8. The molecule has 3 aromatic heterocycles. The second-order valence-electron chi connectivity index (χ2n) is 10.8. The Hall–Kier alpha value is -4.88. The number of rotatable bonds is 3. The largest absolute Gasteiger partial charge is 0.489 e. The zero-order valence-corrected chi connectivity index (χ0v) is 23.2. The molecule has 198 valence electrons. The molecule has 6 aromatic carbocycles. The molecule has 0 saturated heterocycles. The van der Waals surface area contributed by atoms with Gasteiger partial charge in [0.1, 0.15) is 0 Å². The van der Waals surface area contributed by atoms with E-state index in [9.17, 15) is 10.0 Å². The van der Waals surface area contributed by atoms with Crippen LogP contribution in [0, 0.1) is 0 Å². The number of thiophene rings is 1. The maximum absolute atomic E-state index is 10.5. The van der Waals surface area contributed by atoms with Crippen molar-refractivity contribution >= 4 is 87.7 Å². The van der Waals surface area contributed by atoms with E-state index < -0.39 is 7.12 Å². The third-order valence-corrected chi connectivity index (χ3v) is 9.74. The van der Waals surface area contributed by atoms with E-state index in [2.05, 4.69) is 112 Å². The highest BCUT2D eigenvalue weighted by molar-refractivity contribution is 7.27. The number of benzene rings is 6. The number of para-hydroxylation sites is 3. The molecule has 3 heterocycles. The van der Waals surface area contributed by atoms with Crippen LogP contribution in [0.4, 0.5) is 0 Å². The molecule has 4 nitrogen and oxygen atoms in total. The highest BCUT2D eigenvalue weighted by Gasteiger charge is 2.23. The Labute approximate surface area is 245 Å². The Morgan fingerprint density at radius 1 is 0.452 bits per heavy atom. The van der Waals surface area contributed by atoms with Crippen LogP contribution in [0.15, 0.2) is 127 Å². The second kappa shape index (κ2) is 8.81. The Balaban J connectivity index is 1.45. The summed E-state index contributed by atoms with van der Waals surface area (Å²) in [7, 11) is -1.58. The molecule has 0 bridgehead atoms. The van der Waals surface area contributed by atoms with Crippen LogP contribution in [0.3, 0.4) is 0 Å². The Morgan fingerprint density at radius 2 is 1.02 bits per heavy atom. The van der Waals surface area contributed by atoms with Crippen molar-refractivity contribution in [2.45, 2.75) is 0 Å². The zero-order chi connectivity index (χ0) is 27.9. The molecule has 0 atom stereocenters. The van der Waals surface area contributed by atoms with E-state index in [4.69, 9.17) is 0 Å². The fourth-order valence-electron chi connectivity index (χ4n) is 6.72. The van der Waals surface area contributed by atoms with E-state index in [1.165, 1.54) is 16.3 Å². The van der Waals surface area contributed by atoms with Crippen LogP contribution < -0.4 is 5.46 Å². The molecule has 6 heteroatoms. The number of fused-ring (bicyclic) bond motifs is 9. The first kappa shape index (κ1) is 23.8. The van der Waals surface area contributed by atoms with Crippen LogP contribution in [0.2, 0.25) is 0 Å². The SMILES string of the molecule is OB(O)c1cc(-n2c3ccccc3c3cc4c5ccccc5n(-c5ccccc5)c4cc32)cc2c1sc1ccccc12. The molecule has 0 saturated carbocycles. The molecule has 0 aliphatic carbocycles. The predicted octanol–water partition coefficient (Wildman–Crippen LogP) is 7.93. The molecule has 9 rings (SSSR count). The maximum Gasteiger partial charge on any atom is 0.489 e. The molecule has 0 fully saturated rings. The molecule has 42 heavy (non-hydrogen) atoms. The van der Waals surface area contributed by atoms with Crippen molar-refractivity contribution in [1.29, 1.82) is 0 Å². The molecule has 0 radical (unpaired) electrons. The van der Waals surface area contributed by atoms with Crippen molar-refractivity contribution in [2.24, 2.45) is 0 Å². The normalized spacial score (nSPS) is 12.0. The lowest BCUT2D eigenvalue weighted by atomic mass is 9.79. The molecule has 0 spiro atoms. The van der Waals surface area contributed by atoms with Gasteiger partial charge in [0.2, 0.25) is 0 Å². The van der Waals surface area contributed by atoms with Gasteiger partial charge in [-0.25, -0.2) is 0 Å². The van der Waals surface area contributed by atoms with Gasteiger partial charge in [0.25, 0.3) is 0 Å². The van der Waals surface area contributed by atoms with Crippen LogP contribution in [-0.4, -0.2) is 26.3 Å². The van der Waals surface area contributed by atoms with Crippen LogP contribution >= 0.6 is 11.3 Å². The average Bonchev–Trinajstić information content (AvgIpc) is 3.67. The first-order valence-electron chi connectivity index (χ1n) is 14.0. The van der Waals surface area contributed by atoms with E-state index in [-0.39, 0.29) is 0 Å². The van der Waals surface area contributed by atoms with Crippen molar-refractivity contribution in [3.05, 3.63) is 127 Å². The Kier molecular flexibility index (Phi) is 4.99. The lowest BCUT2D eigenvalue weighted by molar-refractivity contribution is 0.426. The van der Waals surface area contributed by atoms with Gasteiger partial charge >= 0.3 is 7.12 Å². The van der Waals surface area contributed by atoms with E-state index in [1.54, 1.807) is 11.3 Å². The van der Waals surface area contributed by atoms with Gasteiger partial charge in [-0.3, -0.25) is 0 Å². The summed E-state index contributed by atoms with van der Waals surface area (Å²) < 4.78 is 6.64. The molecule has 2 N–H and O–H groups in total. The summed E-state index contributed by atoms with van der Waals surface area (Å²) in [6.45, 7) is 0. The third kappa shape index (κ3) is 3.25. The molecule has 0 aliphatic heterocycles. The minimum absolute atomic E-state index is 0.522. The predicted molar refractivity (Wildman–Crippen MR) is 178 cm³/mol. The van der Waals surface area contributed by atoms with Gasteiger partial charge in [0.05, 0.1) is 22.1 Å². The van der Waals surface area contributed by atoms with E-state index in [0.29, 0.717) is 5.46 Å². The average molecular weight is 558 g/mol. The smallest absolute Gasteiger partial charge is 0.423 e. The van der Waals surface area contributed by atoms with Gasteiger partial charge in [0.15, 0.2) is 0 Å². The maximum atomic E-state index is 10.5. The van der Waals surface area contributed by atoms with E-state index in [1.807, 2.05) is 24.3 Å². The van der Waals surface area contributed by atoms with Crippen molar-refractivity contribution in [2.75, 3.05) is 0 Å². The van der Waals surface area contributed by atoms with Crippen molar-refractivity contribution in [3.8, 4) is 11.4 Å². The van der Waals surface area contributed by atoms with Gasteiger partial charge in [0, 0.05) is 58.6 Å². The summed E-state index contributed by atoms with van der Waals surface area (Å²) in [5.74, 6) is 0. The van der Waals surface area contributed by atoms with E-state index >= 15 is 0 Å². The van der Waals surface area contributed by atoms with Gasteiger partial charge in [-0.2, -0.15) is 0 Å². The monoisotopic (exact) mass is 558 g/mol. The van der Waals surface area contributed by atoms with Gasteiger partial charge in [-0.1, -0.05) is 72.8 Å². The number of nitrogens with zero attached hydrogens (tertiary/aromatic N) is 2. The molecule has 0 aliphatic rings. The summed E-state index contributed by atoms with van der Waals surface area (Å²) in [5.41, 5.74) is 6.98. The molecular formula is C36H23BN2O2S. The van der Waals surface area contributed by atoms with E-state index in [0.717, 1.165) is 58.9 Å². The van der Waals surface area contributed by atoms with Gasteiger partial charge in [-0.05, 0) is 54.6 Å². The summed E-state index contributed by atoms with van der Waals surface area (Å²) >= 11 is 1.60. The number of aromatic nitrogens is 2. The standard InChI is InChI=1S/C36H23BN2O2S/c40-37(41)30-19-23(18-29-26-14-6-9-17-35(26)42-36(29)30)39-32-16-8-5-13-25(32)28-20-27-24-12-4-7-15-31(24)38(33(27)21-34(28)39)22-10-2-1-3-11-22/h1-21,40-41H. The van der Waals surface area contributed by atoms with Crippen molar-refractivity contribution in [3.63, 3.8) is 0 Å². The fourth-order valence-corrected chi connectivity index (χ4v) is 7.94. The minimum atomic E-state index is -1.58. The molecule has 0 unspecified atom stereocenters. The number of hydrogen-bond acceptors (Lipinski definition) is 3. The summed E-state index contributed by atoms with van der Waals surface area (Å²) in [6.07, 6.45) is 0. The third-order valence-electron chi connectivity index (χ3n) is 8.51. The summed E-state index contributed by atoms with van der Waals surface area (Å²) in [4.78, 5) is 0. The topological polar surface area (TPSA) is 50.3 Å². The van der Waals surface area contributed by atoms with Crippen LogP contribution in [0.25, 0.3) is 75.2 Å². The Morgan fingerprint density at radius 3 is 1.69 bits per heavy atom. The van der Waals surface area contributed by atoms with Crippen molar-refractivity contribution in [1.82, 2.24) is 9.13 Å². The quantitative estimate of drug-likeness (QED) is 0.217. The van der Waals surface area contributed by atoms with Crippen molar-refractivity contribution < 1.29 is 10.0 Å². The van der Waals surface area contributed by atoms with Crippen LogP contribution in [0.5, 0.6) is 0 Å². The highest BCUT2D eigenvalue weighted by Crippen LogP contribution is 2.41. The van der Waals surface area contributed by atoms with Gasteiger partial charge in [-0.15, -0.1) is 11.3 Å².